The highest BCUT2D eigenvalue weighted by molar-refractivity contribution is 5.84. The van der Waals surface area contributed by atoms with Crippen LogP contribution in [-0.2, 0) is 6.54 Å². The summed E-state index contributed by atoms with van der Waals surface area (Å²) in [7, 11) is 0. The Labute approximate surface area is 103 Å². The van der Waals surface area contributed by atoms with Crippen molar-refractivity contribution in [1.82, 2.24) is 15.0 Å². The number of rotatable bonds is 3. The minimum Gasteiger partial charge on any atom is -0.364 e. The number of fused-ring (bicyclic) bond motifs is 1. The second kappa shape index (κ2) is 4.37. The van der Waals surface area contributed by atoms with Crippen LogP contribution in [0.15, 0.2) is 47.4 Å². The number of nitrogens with one attached hydrogen (secondary N) is 3. The van der Waals surface area contributed by atoms with E-state index in [1.165, 1.54) is 0 Å². The molecule has 1 aromatic carbocycles. The van der Waals surface area contributed by atoms with Gasteiger partial charge in [0, 0.05) is 12.7 Å². The third-order valence-electron chi connectivity index (χ3n) is 2.74. The molecule has 2 aromatic heterocycles. The summed E-state index contributed by atoms with van der Waals surface area (Å²) in [6.45, 7) is 0.667. The Balaban J connectivity index is 1.89. The van der Waals surface area contributed by atoms with Gasteiger partial charge in [-0.15, -0.1) is 0 Å². The fraction of sp³-hybridized carbons (Fsp3) is 0.0769. The van der Waals surface area contributed by atoms with Gasteiger partial charge in [-0.1, -0.05) is 30.3 Å². The van der Waals surface area contributed by atoms with E-state index in [9.17, 15) is 4.79 Å². The van der Waals surface area contributed by atoms with E-state index >= 15 is 0 Å². The number of benzene rings is 1. The zero-order valence-corrected chi connectivity index (χ0v) is 9.60. The topological polar surface area (TPSA) is 73.6 Å². The molecule has 0 aliphatic carbocycles. The van der Waals surface area contributed by atoms with Crippen LogP contribution < -0.4 is 11.0 Å². The number of hydrogen-bond acceptors (Lipinski definition) is 3. The van der Waals surface area contributed by atoms with Gasteiger partial charge in [-0.3, -0.25) is 0 Å². The van der Waals surface area contributed by atoms with Crippen LogP contribution in [0.5, 0.6) is 0 Å². The molecule has 0 saturated heterocycles. The van der Waals surface area contributed by atoms with Crippen LogP contribution in [0.3, 0.4) is 0 Å². The minimum atomic E-state index is -0.222. The van der Waals surface area contributed by atoms with Gasteiger partial charge in [0.1, 0.15) is 5.52 Å². The van der Waals surface area contributed by atoms with Gasteiger partial charge < -0.3 is 15.3 Å². The number of aromatic amines is 2. The average Bonchev–Trinajstić information content (AvgIpc) is 2.78. The molecule has 5 nitrogen and oxygen atoms in total. The van der Waals surface area contributed by atoms with E-state index in [0.29, 0.717) is 17.9 Å². The summed E-state index contributed by atoms with van der Waals surface area (Å²) in [6.07, 6.45) is 1.67. The Morgan fingerprint density at radius 2 is 1.94 bits per heavy atom. The first-order valence-corrected chi connectivity index (χ1v) is 5.68. The Morgan fingerprint density at radius 1 is 1.11 bits per heavy atom. The lowest BCUT2D eigenvalue weighted by Gasteiger charge is -2.05. The number of pyridine rings is 1. The first kappa shape index (κ1) is 10.6. The van der Waals surface area contributed by atoms with Gasteiger partial charge in [-0.05, 0) is 11.6 Å². The fourth-order valence-electron chi connectivity index (χ4n) is 1.88. The molecule has 0 atom stereocenters. The van der Waals surface area contributed by atoms with Gasteiger partial charge in [-0.25, -0.2) is 9.78 Å². The zero-order valence-electron chi connectivity index (χ0n) is 9.60. The van der Waals surface area contributed by atoms with Crippen LogP contribution >= 0.6 is 0 Å². The molecular formula is C13H12N4O. The maximum atomic E-state index is 11.2. The summed E-state index contributed by atoms with van der Waals surface area (Å²) in [6, 6.07) is 11.8. The van der Waals surface area contributed by atoms with Gasteiger partial charge in [0.15, 0.2) is 5.82 Å². The molecule has 0 spiro atoms. The number of aromatic nitrogens is 3. The van der Waals surface area contributed by atoms with E-state index < -0.39 is 0 Å². The summed E-state index contributed by atoms with van der Waals surface area (Å²) in [5, 5.41) is 3.22. The molecule has 0 aliphatic heterocycles. The van der Waals surface area contributed by atoms with Crippen molar-refractivity contribution in [2.75, 3.05) is 5.32 Å². The molecule has 0 fully saturated rings. The highest BCUT2D eigenvalue weighted by atomic mass is 16.1. The molecule has 3 rings (SSSR count). The van der Waals surface area contributed by atoms with Crippen LogP contribution in [-0.4, -0.2) is 15.0 Å². The van der Waals surface area contributed by atoms with E-state index in [-0.39, 0.29) is 5.69 Å². The number of nitrogens with zero attached hydrogens (tertiary/aromatic N) is 1. The summed E-state index contributed by atoms with van der Waals surface area (Å²) < 4.78 is 0. The third kappa shape index (κ3) is 1.98. The lowest BCUT2D eigenvalue weighted by atomic mass is 10.2. The van der Waals surface area contributed by atoms with Crippen molar-refractivity contribution in [3.8, 4) is 0 Å². The Hall–Kier alpha value is -2.56. The van der Waals surface area contributed by atoms with Gasteiger partial charge >= 0.3 is 5.69 Å². The first-order valence-electron chi connectivity index (χ1n) is 5.68. The summed E-state index contributed by atoms with van der Waals surface area (Å²) in [5.74, 6) is 0.676. The first-order chi connectivity index (χ1) is 8.83. The molecule has 2 heterocycles. The van der Waals surface area contributed by atoms with Gasteiger partial charge in [0.25, 0.3) is 0 Å². The lowest BCUT2D eigenvalue weighted by molar-refractivity contribution is 1.12. The van der Waals surface area contributed by atoms with Crippen molar-refractivity contribution in [3.63, 3.8) is 0 Å². The normalized spacial score (nSPS) is 10.7. The smallest absolute Gasteiger partial charge is 0.323 e. The van der Waals surface area contributed by atoms with Gasteiger partial charge in [0.2, 0.25) is 0 Å². The molecule has 0 saturated carbocycles. The third-order valence-corrected chi connectivity index (χ3v) is 2.74. The van der Waals surface area contributed by atoms with E-state index in [1.807, 2.05) is 30.3 Å². The Bertz CT molecular complexity index is 714. The maximum Gasteiger partial charge on any atom is 0.323 e. The molecule has 18 heavy (non-hydrogen) atoms. The van der Waals surface area contributed by atoms with E-state index in [0.717, 1.165) is 11.1 Å². The summed E-state index contributed by atoms with van der Waals surface area (Å²) in [5.41, 5.74) is 2.40. The standard InChI is InChI=1S/C13H12N4O/c18-13-16-10-6-7-14-12(11(10)17-13)15-8-9-4-2-1-3-5-9/h1-7H,8H2,(H,14,15)(H2,16,17,18). The predicted octanol–water partition coefficient (Wildman–Crippen LogP) is 1.86. The number of hydrogen-bond donors (Lipinski definition) is 3. The summed E-state index contributed by atoms with van der Waals surface area (Å²) in [4.78, 5) is 20.9. The van der Waals surface area contributed by atoms with E-state index in [2.05, 4.69) is 20.3 Å². The molecule has 0 unspecified atom stereocenters. The molecule has 90 valence electrons. The molecule has 0 radical (unpaired) electrons. The quantitative estimate of drug-likeness (QED) is 0.654. The highest BCUT2D eigenvalue weighted by Crippen LogP contribution is 2.15. The van der Waals surface area contributed by atoms with Crippen molar-refractivity contribution in [3.05, 3.63) is 58.6 Å². The summed E-state index contributed by atoms with van der Waals surface area (Å²) >= 11 is 0. The van der Waals surface area contributed by atoms with E-state index in [1.54, 1.807) is 12.3 Å². The minimum absolute atomic E-state index is 0.222. The van der Waals surface area contributed by atoms with Crippen LogP contribution in [0.1, 0.15) is 5.56 Å². The molecule has 3 aromatic rings. The van der Waals surface area contributed by atoms with Crippen molar-refractivity contribution >= 4 is 16.9 Å². The van der Waals surface area contributed by atoms with Crippen LogP contribution in [0.4, 0.5) is 5.82 Å². The molecular weight excluding hydrogens is 228 g/mol. The Morgan fingerprint density at radius 3 is 2.78 bits per heavy atom. The van der Waals surface area contributed by atoms with Crippen molar-refractivity contribution in [2.45, 2.75) is 6.54 Å². The molecule has 3 N–H and O–H groups in total. The largest absolute Gasteiger partial charge is 0.364 e. The second-order valence-corrected chi connectivity index (χ2v) is 4.00. The van der Waals surface area contributed by atoms with Gasteiger partial charge in [0.05, 0.1) is 5.52 Å². The van der Waals surface area contributed by atoms with Crippen LogP contribution in [0, 0.1) is 0 Å². The Kier molecular flexibility index (Phi) is 2.57. The monoisotopic (exact) mass is 240 g/mol. The van der Waals surface area contributed by atoms with Crippen molar-refractivity contribution in [1.29, 1.82) is 0 Å². The van der Waals surface area contributed by atoms with Gasteiger partial charge in [-0.2, -0.15) is 0 Å². The molecule has 0 bridgehead atoms. The number of anilines is 1. The maximum absolute atomic E-state index is 11.2. The highest BCUT2D eigenvalue weighted by Gasteiger charge is 2.04. The number of H-pyrrole nitrogens is 2. The zero-order chi connectivity index (χ0) is 12.4. The second-order valence-electron chi connectivity index (χ2n) is 4.00. The van der Waals surface area contributed by atoms with Crippen molar-refractivity contribution < 1.29 is 0 Å². The predicted molar refractivity (Wildman–Crippen MR) is 70.5 cm³/mol. The van der Waals surface area contributed by atoms with Crippen LogP contribution in [0.25, 0.3) is 11.0 Å². The molecule has 0 amide bonds. The van der Waals surface area contributed by atoms with Crippen molar-refractivity contribution in [2.24, 2.45) is 0 Å². The SMILES string of the molecule is O=c1[nH]c2ccnc(NCc3ccccc3)c2[nH]1. The fourth-order valence-corrected chi connectivity index (χ4v) is 1.88. The molecule has 0 aliphatic rings. The average molecular weight is 240 g/mol. The van der Waals surface area contributed by atoms with E-state index in [4.69, 9.17) is 0 Å². The number of imidazole rings is 1. The lowest BCUT2D eigenvalue weighted by Crippen LogP contribution is -2.02. The molecule has 5 heteroatoms. The van der Waals surface area contributed by atoms with Crippen LogP contribution in [0.2, 0.25) is 0 Å².